The minimum absolute atomic E-state index is 0.0373. The first-order chi connectivity index (χ1) is 20.3. The molecule has 0 bridgehead atoms. The number of hydrogen-bond donors (Lipinski definition) is 2. The number of anilines is 1. The van der Waals surface area contributed by atoms with Gasteiger partial charge in [-0.05, 0) is 67.6 Å². The summed E-state index contributed by atoms with van der Waals surface area (Å²) in [6.07, 6.45) is 3.70. The Balaban J connectivity index is 1.26. The van der Waals surface area contributed by atoms with Gasteiger partial charge in [0.25, 0.3) is 0 Å². The fourth-order valence-corrected chi connectivity index (χ4v) is 9.11. The highest BCUT2D eigenvalue weighted by Crippen LogP contribution is 2.47. The van der Waals surface area contributed by atoms with Gasteiger partial charge < -0.3 is 14.8 Å². The fourth-order valence-electron chi connectivity index (χ4n) is 5.34. The molecule has 9 nitrogen and oxygen atoms in total. The molecule has 2 saturated heterocycles. The van der Waals surface area contributed by atoms with Crippen LogP contribution in [-0.2, 0) is 33.7 Å². The van der Waals surface area contributed by atoms with Crippen molar-refractivity contribution in [2.24, 2.45) is 0 Å². The van der Waals surface area contributed by atoms with Crippen molar-refractivity contribution in [3.8, 4) is 16.2 Å². The summed E-state index contributed by atoms with van der Waals surface area (Å²) >= 11 is 1.36. The van der Waals surface area contributed by atoms with Crippen LogP contribution in [0.15, 0.2) is 66.7 Å². The largest absolute Gasteiger partial charge is 0.493 e. The zero-order chi connectivity index (χ0) is 29.4. The lowest BCUT2D eigenvalue weighted by atomic mass is 9.94. The molecule has 11 heteroatoms. The van der Waals surface area contributed by atoms with Crippen LogP contribution in [0.1, 0.15) is 56.2 Å². The molecule has 1 unspecified atom stereocenters. The van der Waals surface area contributed by atoms with E-state index < -0.39 is 26.8 Å². The zero-order valence-corrected chi connectivity index (χ0v) is 25.0. The van der Waals surface area contributed by atoms with Gasteiger partial charge >= 0.3 is 0 Å². The van der Waals surface area contributed by atoms with Crippen molar-refractivity contribution in [1.29, 1.82) is 0 Å². The fraction of sp³-hybridized carbons (Fsp3) is 0.419. The normalized spacial score (nSPS) is 21.8. The van der Waals surface area contributed by atoms with Gasteiger partial charge in [-0.3, -0.25) is 9.59 Å². The van der Waals surface area contributed by atoms with Gasteiger partial charge in [-0.15, -0.1) is 11.3 Å². The van der Waals surface area contributed by atoms with Crippen LogP contribution >= 0.6 is 11.3 Å². The molecule has 0 aliphatic carbocycles. The second-order valence-electron chi connectivity index (χ2n) is 10.6. The molecule has 224 valence electrons. The number of thiophene rings is 1. The van der Waals surface area contributed by atoms with Crippen LogP contribution < -0.4 is 15.5 Å². The van der Waals surface area contributed by atoms with E-state index in [2.05, 4.69) is 10.8 Å². The number of amides is 2. The Hall–Kier alpha value is -3.25. The minimum Gasteiger partial charge on any atom is -0.493 e. The maximum Gasteiger partial charge on any atom is 0.245 e. The maximum atomic E-state index is 13.5. The second kappa shape index (κ2) is 13.8. The van der Waals surface area contributed by atoms with E-state index in [4.69, 9.17) is 14.3 Å². The van der Waals surface area contributed by atoms with Crippen LogP contribution in [0.2, 0.25) is 0 Å². The summed E-state index contributed by atoms with van der Waals surface area (Å²) < 4.78 is 36.9. The van der Waals surface area contributed by atoms with E-state index in [0.717, 1.165) is 23.3 Å². The number of hydrogen-bond acceptors (Lipinski definition) is 8. The van der Waals surface area contributed by atoms with Crippen LogP contribution in [0.4, 0.5) is 5.69 Å². The smallest absolute Gasteiger partial charge is 0.245 e. The van der Waals surface area contributed by atoms with Crippen molar-refractivity contribution in [3.05, 3.63) is 71.6 Å². The summed E-state index contributed by atoms with van der Waals surface area (Å²) in [6, 6.07) is 20.4. The lowest BCUT2D eigenvalue weighted by Gasteiger charge is -2.35. The number of carbonyl (C=O) groups excluding carboxylic acids is 2. The topological polar surface area (TPSA) is 120 Å². The quantitative estimate of drug-likeness (QED) is 0.271. The number of para-hydroxylation sites is 1. The Bertz CT molecular complexity index is 1470. The van der Waals surface area contributed by atoms with Crippen LogP contribution in [0.3, 0.4) is 0 Å². The molecule has 3 aromatic rings. The van der Waals surface area contributed by atoms with E-state index in [1.54, 1.807) is 6.07 Å². The van der Waals surface area contributed by atoms with Gasteiger partial charge in [0, 0.05) is 28.5 Å². The Labute approximate surface area is 250 Å². The van der Waals surface area contributed by atoms with Gasteiger partial charge in [0.15, 0.2) is 16.1 Å². The Kier molecular flexibility index (Phi) is 9.94. The molecule has 1 aromatic heterocycles. The Morgan fingerprint density at radius 1 is 0.976 bits per heavy atom. The summed E-state index contributed by atoms with van der Waals surface area (Å²) in [6.45, 7) is 0.830. The molecule has 2 fully saturated rings. The molecule has 0 spiro atoms. The third kappa shape index (κ3) is 7.38. The molecule has 2 aliphatic rings. The van der Waals surface area contributed by atoms with Gasteiger partial charge in [-0.1, -0.05) is 36.8 Å². The lowest BCUT2D eigenvalue weighted by molar-refractivity contribution is -0.200. The second-order valence-corrected chi connectivity index (χ2v) is 14.1. The first-order valence-corrected chi connectivity index (χ1v) is 16.8. The highest BCUT2D eigenvalue weighted by Gasteiger charge is 2.49. The summed E-state index contributed by atoms with van der Waals surface area (Å²) in [5, 5.41) is 2.91. The van der Waals surface area contributed by atoms with Crippen molar-refractivity contribution in [3.63, 3.8) is 0 Å². The molecule has 2 amide bonds. The number of sulfone groups is 1. The van der Waals surface area contributed by atoms with Crippen LogP contribution in [0.25, 0.3) is 10.4 Å². The summed E-state index contributed by atoms with van der Waals surface area (Å²) in [7, 11) is -3.60. The van der Waals surface area contributed by atoms with Gasteiger partial charge in [0.2, 0.25) is 11.8 Å². The molecule has 2 atom stereocenters. The van der Waals surface area contributed by atoms with E-state index in [1.807, 2.05) is 60.7 Å². The van der Waals surface area contributed by atoms with E-state index >= 15 is 0 Å². The Morgan fingerprint density at radius 3 is 2.62 bits per heavy atom. The first kappa shape index (κ1) is 30.2. The zero-order valence-electron chi connectivity index (χ0n) is 23.4. The predicted octanol–water partition coefficient (Wildman–Crippen LogP) is 5.58. The molecule has 42 heavy (non-hydrogen) atoms. The molecular weight excluding hydrogens is 576 g/mol. The van der Waals surface area contributed by atoms with Crippen molar-refractivity contribution >= 4 is 38.7 Å². The number of carbonyl (C=O) groups is 2. The summed E-state index contributed by atoms with van der Waals surface area (Å²) in [5.74, 6) is 0.0942. The van der Waals surface area contributed by atoms with Crippen molar-refractivity contribution in [1.82, 2.24) is 5.48 Å². The van der Waals surface area contributed by atoms with Gasteiger partial charge in [0.05, 0.1) is 25.2 Å². The summed E-state index contributed by atoms with van der Waals surface area (Å²) in [4.78, 5) is 32.4. The average Bonchev–Trinajstić information content (AvgIpc) is 3.49. The Morgan fingerprint density at radius 2 is 1.83 bits per heavy atom. The minimum atomic E-state index is -3.60. The highest BCUT2D eigenvalue weighted by molar-refractivity contribution is 7.92. The van der Waals surface area contributed by atoms with E-state index in [9.17, 15) is 18.0 Å². The van der Waals surface area contributed by atoms with Crippen LogP contribution in [-0.4, -0.2) is 45.5 Å². The number of benzene rings is 2. The monoisotopic (exact) mass is 612 g/mol. The number of hydroxylamine groups is 1. The number of rotatable bonds is 11. The van der Waals surface area contributed by atoms with Gasteiger partial charge in [0.1, 0.15) is 10.5 Å². The van der Waals surface area contributed by atoms with Gasteiger partial charge in [-0.25, -0.2) is 18.7 Å². The maximum absolute atomic E-state index is 13.5. The average molecular weight is 613 g/mol. The van der Waals surface area contributed by atoms with Crippen LogP contribution in [0.5, 0.6) is 5.75 Å². The molecule has 2 N–H and O–H groups in total. The highest BCUT2D eigenvalue weighted by atomic mass is 32.2. The van der Waals surface area contributed by atoms with Gasteiger partial charge in [-0.2, -0.15) is 0 Å². The van der Waals surface area contributed by atoms with E-state index in [-0.39, 0.29) is 31.1 Å². The molecular formula is C31H36N2O7S2. The molecule has 2 aliphatic heterocycles. The van der Waals surface area contributed by atoms with Crippen molar-refractivity contribution in [2.45, 2.75) is 62.4 Å². The number of ether oxygens (including phenoxy) is 2. The number of nitrogens with one attached hydrogen (secondary N) is 2. The standard InChI is InChI=1S/C31H36N2O7S2/c34-28(16-19-38-25-11-2-1-3-12-25)32-24-10-8-9-23(21-24)26-14-15-27(41-26)31(17-5-7-20-42(31,36)37)22-29(35)33-40-30-13-4-6-18-39-30/h1-3,8-12,14-15,21,30H,4-7,13,16-20,22H2,(H,32,34)(H,33,35)/t30?,31-/m0/s1. The van der Waals surface area contributed by atoms with E-state index in [1.165, 1.54) is 11.3 Å². The van der Waals surface area contributed by atoms with Crippen LogP contribution in [0, 0.1) is 0 Å². The van der Waals surface area contributed by atoms with E-state index in [0.29, 0.717) is 48.6 Å². The van der Waals surface area contributed by atoms with Crippen molar-refractivity contribution in [2.75, 3.05) is 24.3 Å². The predicted molar refractivity (Wildman–Crippen MR) is 162 cm³/mol. The summed E-state index contributed by atoms with van der Waals surface area (Å²) in [5.41, 5.74) is 3.92. The molecule has 0 radical (unpaired) electrons. The molecule has 3 heterocycles. The third-order valence-electron chi connectivity index (χ3n) is 7.55. The van der Waals surface area contributed by atoms with Crippen molar-refractivity contribution < 1.29 is 32.3 Å². The molecule has 0 saturated carbocycles. The SMILES string of the molecule is O=C(C[C@]1(c2ccc(-c3cccc(NC(=O)CCOc4ccccc4)c3)s2)CCCCS1(=O)=O)NOC1CCCCO1. The lowest BCUT2D eigenvalue weighted by Crippen LogP contribution is -2.45. The first-order valence-electron chi connectivity index (χ1n) is 14.3. The third-order valence-corrected chi connectivity index (χ3v) is 11.6. The molecule has 5 rings (SSSR count). The molecule has 2 aromatic carbocycles.